The predicted octanol–water partition coefficient (Wildman–Crippen LogP) is 5.68. The first-order valence-electron chi connectivity index (χ1n) is 5.79. The molecule has 0 fully saturated rings. The van der Waals surface area contributed by atoms with Crippen LogP contribution in [-0.2, 0) is 5.88 Å². The molecular weight excluding hydrogens is 429 g/mol. The Morgan fingerprint density at radius 1 is 1.15 bits per heavy atom. The Hall–Kier alpha value is -0.490. The van der Waals surface area contributed by atoms with E-state index in [-0.39, 0.29) is 0 Å². The Balaban J connectivity index is 2.39. The lowest BCUT2D eigenvalue weighted by Crippen LogP contribution is -2.01. The maximum Gasteiger partial charge on any atom is 0.129 e. The van der Waals surface area contributed by atoms with Gasteiger partial charge in [0, 0.05) is 8.59 Å². The van der Waals surface area contributed by atoms with Crippen molar-refractivity contribution in [2.45, 2.75) is 5.88 Å². The lowest BCUT2D eigenvalue weighted by atomic mass is 10.2. The molecule has 0 spiro atoms. The second-order valence-corrected chi connectivity index (χ2v) is 6.47. The van der Waals surface area contributed by atoms with Gasteiger partial charge in [-0.1, -0.05) is 29.3 Å². The highest BCUT2D eigenvalue weighted by atomic mass is 127. The first kappa shape index (κ1) is 14.4. The summed E-state index contributed by atoms with van der Waals surface area (Å²) >= 11 is 20.6. The largest absolute Gasteiger partial charge is 0.293 e. The number of fused-ring (bicyclic) bond motifs is 1. The minimum absolute atomic E-state index is 0.309. The molecule has 1 aromatic heterocycles. The van der Waals surface area contributed by atoms with Gasteiger partial charge in [0.2, 0.25) is 0 Å². The monoisotopic (exact) mass is 436 g/mol. The van der Waals surface area contributed by atoms with Crippen molar-refractivity contribution in [3.8, 4) is 5.69 Å². The normalized spacial score (nSPS) is 11.2. The molecule has 0 aliphatic rings. The van der Waals surface area contributed by atoms with E-state index in [4.69, 9.17) is 34.8 Å². The molecular formula is C14H8Cl3IN2. The standard InChI is InChI=1S/C14H8Cl3IN2/c15-7-13-19-11-3-1-2-9(17)14(11)20(13)12-5-4-8(16)6-10(12)18/h1-6H,7H2. The van der Waals surface area contributed by atoms with E-state index >= 15 is 0 Å². The molecule has 2 nitrogen and oxygen atoms in total. The summed E-state index contributed by atoms with van der Waals surface area (Å²) in [4.78, 5) is 4.54. The molecule has 0 radical (unpaired) electrons. The zero-order valence-electron chi connectivity index (χ0n) is 10.1. The van der Waals surface area contributed by atoms with Gasteiger partial charge in [-0.05, 0) is 52.9 Å². The van der Waals surface area contributed by atoms with Crippen molar-refractivity contribution in [2.24, 2.45) is 0 Å². The van der Waals surface area contributed by atoms with Gasteiger partial charge in [0.05, 0.1) is 27.6 Å². The van der Waals surface area contributed by atoms with Crippen molar-refractivity contribution in [3.05, 3.63) is 55.8 Å². The molecule has 6 heteroatoms. The van der Waals surface area contributed by atoms with E-state index in [0.717, 1.165) is 26.1 Å². The van der Waals surface area contributed by atoms with Crippen LogP contribution in [0.3, 0.4) is 0 Å². The molecule has 3 aromatic rings. The Labute approximate surface area is 144 Å². The highest BCUT2D eigenvalue weighted by Gasteiger charge is 2.16. The van der Waals surface area contributed by atoms with Gasteiger partial charge in [-0.2, -0.15) is 0 Å². The minimum Gasteiger partial charge on any atom is -0.293 e. The number of para-hydroxylation sites is 1. The van der Waals surface area contributed by atoms with Gasteiger partial charge in [0.15, 0.2) is 0 Å². The number of nitrogens with zero attached hydrogens (tertiary/aromatic N) is 2. The van der Waals surface area contributed by atoms with E-state index in [2.05, 4.69) is 27.6 Å². The lowest BCUT2D eigenvalue weighted by Gasteiger charge is -2.11. The van der Waals surface area contributed by atoms with Crippen molar-refractivity contribution in [1.29, 1.82) is 0 Å². The summed E-state index contributed by atoms with van der Waals surface area (Å²) in [5.74, 6) is 1.07. The molecule has 0 unspecified atom stereocenters. The Bertz CT molecular complexity index is 798. The van der Waals surface area contributed by atoms with Gasteiger partial charge in [-0.3, -0.25) is 4.57 Å². The molecule has 0 N–H and O–H groups in total. The Kier molecular flexibility index (Phi) is 4.13. The molecule has 20 heavy (non-hydrogen) atoms. The SMILES string of the molecule is ClCc1nc2cccc(Cl)c2n1-c1ccc(Cl)cc1I. The van der Waals surface area contributed by atoms with E-state index < -0.39 is 0 Å². The van der Waals surface area contributed by atoms with Crippen molar-refractivity contribution in [3.63, 3.8) is 0 Å². The number of alkyl halides is 1. The third-order valence-electron chi connectivity index (χ3n) is 2.97. The van der Waals surface area contributed by atoms with E-state index in [1.165, 1.54) is 0 Å². The first-order chi connectivity index (χ1) is 9.61. The second kappa shape index (κ2) is 5.72. The molecule has 0 aliphatic heterocycles. The summed E-state index contributed by atoms with van der Waals surface area (Å²) in [6, 6.07) is 11.4. The van der Waals surface area contributed by atoms with Crippen LogP contribution in [0.4, 0.5) is 0 Å². The average molecular weight is 437 g/mol. The third kappa shape index (κ3) is 2.41. The van der Waals surface area contributed by atoms with Crippen molar-refractivity contribution in [2.75, 3.05) is 0 Å². The minimum atomic E-state index is 0.309. The topological polar surface area (TPSA) is 17.8 Å². The fourth-order valence-corrected chi connectivity index (χ4v) is 3.69. The van der Waals surface area contributed by atoms with Crippen LogP contribution in [0, 0.1) is 3.57 Å². The molecule has 0 amide bonds. The predicted molar refractivity (Wildman–Crippen MR) is 93.4 cm³/mol. The average Bonchev–Trinajstić information content (AvgIpc) is 2.79. The molecule has 0 saturated carbocycles. The van der Waals surface area contributed by atoms with Crippen LogP contribution < -0.4 is 0 Å². The van der Waals surface area contributed by atoms with Crippen molar-refractivity contribution >= 4 is 68.4 Å². The van der Waals surface area contributed by atoms with Crippen molar-refractivity contribution in [1.82, 2.24) is 9.55 Å². The quantitative estimate of drug-likeness (QED) is 0.373. The molecule has 0 aliphatic carbocycles. The Morgan fingerprint density at radius 3 is 2.65 bits per heavy atom. The van der Waals surface area contributed by atoms with Gasteiger partial charge in [0.25, 0.3) is 0 Å². The molecule has 3 rings (SSSR count). The van der Waals surface area contributed by atoms with Crippen LogP contribution in [0.25, 0.3) is 16.7 Å². The van der Waals surface area contributed by atoms with Gasteiger partial charge in [-0.25, -0.2) is 4.98 Å². The zero-order chi connectivity index (χ0) is 14.3. The van der Waals surface area contributed by atoms with E-state index in [1.807, 2.05) is 41.0 Å². The number of rotatable bonds is 2. The number of imidazole rings is 1. The summed E-state index contributed by atoms with van der Waals surface area (Å²) < 4.78 is 3.00. The highest BCUT2D eigenvalue weighted by Crippen LogP contribution is 2.31. The summed E-state index contributed by atoms with van der Waals surface area (Å²) in [6.45, 7) is 0. The Morgan fingerprint density at radius 2 is 1.95 bits per heavy atom. The number of hydrogen-bond donors (Lipinski definition) is 0. The van der Waals surface area contributed by atoms with E-state index in [1.54, 1.807) is 0 Å². The molecule has 0 bridgehead atoms. The number of benzene rings is 2. The van der Waals surface area contributed by atoms with Gasteiger partial charge >= 0.3 is 0 Å². The summed E-state index contributed by atoms with van der Waals surface area (Å²) in [5.41, 5.74) is 2.67. The van der Waals surface area contributed by atoms with Crippen LogP contribution in [0.5, 0.6) is 0 Å². The fourth-order valence-electron chi connectivity index (χ4n) is 2.15. The number of aromatic nitrogens is 2. The summed E-state index contributed by atoms with van der Waals surface area (Å²) in [5, 5.41) is 1.35. The van der Waals surface area contributed by atoms with Crippen LogP contribution >= 0.6 is 57.4 Å². The van der Waals surface area contributed by atoms with Crippen LogP contribution in [0.1, 0.15) is 5.82 Å². The third-order valence-corrected chi connectivity index (χ3v) is 4.61. The van der Waals surface area contributed by atoms with Gasteiger partial charge in [-0.15, -0.1) is 11.6 Å². The zero-order valence-corrected chi connectivity index (χ0v) is 14.5. The highest BCUT2D eigenvalue weighted by molar-refractivity contribution is 14.1. The first-order valence-corrected chi connectivity index (χ1v) is 8.16. The maximum absolute atomic E-state index is 6.33. The maximum atomic E-state index is 6.33. The molecule has 0 atom stereocenters. The fraction of sp³-hybridized carbons (Fsp3) is 0.0714. The van der Waals surface area contributed by atoms with E-state index in [0.29, 0.717) is 15.9 Å². The van der Waals surface area contributed by atoms with Gasteiger partial charge < -0.3 is 0 Å². The lowest BCUT2D eigenvalue weighted by molar-refractivity contribution is 0.977. The second-order valence-electron chi connectivity index (χ2n) is 4.20. The number of halogens is 4. The van der Waals surface area contributed by atoms with E-state index in [9.17, 15) is 0 Å². The van der Waals surface area contributed by atoms with Crippen LogP contribution in [0.2, 0.25) is 10.0 Å². The number of hydrogen-bond acceptors (Lipinski definition) is 1. The molecule has 0 saturated heterocycles. The molecule has 102 valence electrons. The van der Waals surface area contributed by atoms with Crippen LogP contribution in [0.15, 0.2) is 36.4 Å². The smallest absolute Gasteiger partial charge is 0.129 e. The summed E-state index contributed by atoms with van der Waals surface area (Å²) in [6.07, 6.45) is 0. The van der Waals surface area contributed by atoms with Crippen LogP contribution in [-0.4, -0.2) is 9.55 Å². The van der Waals surface area contributed by atoms with Gasteiger partial charge in [0.1, 0.15) is 5.82 Å². The molecule has 2 aromatic carbocycles. The molecule has 1 heterocycles. The summed E-state index contributed by atoms with van der Waals surface area (Å²) in [7, 11) is 0. The van der Waals surface area contributed by atoms with Crippen molar-refractivity contribution < 1.29 is 0 Å².